The molecule has 4 aliphatic rings. The molecular weight excluding hydrogens is 312 g/mol. The molecule has 0 amide bonds. The van der Waals surface area contributed by atoms with Crippen molar-refractivity contribution in [3.63, 3.8) is 0 Å². The third-order valence-corrected chi connectivity index (χ3v) is 8.80. The van der Waals surface area contributed by atoms with Crippen LogP contribution in [0.15, 0.2) is 11.6 Å². The van der Waals surface area contributed by atoms with Crippen molar-refractivity contribution in [3.8, 4) is 0 Å². The predicted octanol–water partition coefficient (Wildman–Crippen LogP) is 4.70. The van der Waals surface area contributed by atoms with Crippen LogP contribution in [0, 0.1) is 34.5 Å². The summed E-state index contributed by atoms with van der Waals surface area (Å²) in [7, 11) is 0. The summed E-state index contributed by atoms with van der Waals surface area (Å²) in [6.07, 6.45) is 9.79. The van der Waals surface area contributed by atoms with Crippen LogP contribution in [-0.2, 0) is 14.3 Å². The number of esters is 1. The Morgan fingerprint density at radius 1 is 1.12 bits per heavy atom. The minimum atomic E-state index is -0.130. The van der Waals surface area contributed by atoms with E-state index in [1.165, 1.54) is 31.3 Å². The van der Waals surface area contributed by atoms with Crippen LogP contribution >= 0.6 is 0 Å². The quantitative estimate of drug-likeness (QED) is 0.648. The molecule has 0 aromatic carbocycles. The number of carbonyl (C=O) groups is 2. The Bertz CT molecular complexity index is 635. The number of fused-ring (bicyclic) bond motifs is 5. The van der Waals surface area contributed by atoms with E-state index in [0.29, 0.717) is 23.5 Å². The molecule has 3 fully saturated rings. The Balaban J connectivity index is 1.65. The van der Waals surface area contributed by atoms with Gasteiger partial charge in [0, 0.05) is 18.8 Å². The molecule has 0 spiro atoms. The highest BCUT2D eigenvalue weighted by molar-refractivity contribution is 5.91. The van der Waals surface area contributed by atoms with Crippen LogP contribution in [0.1, 0.15) is 72.6 Å². The molecule has 3 saturated carbocycles. The minimum absolute atomic E-state index is 0.103. The molecule has 0 saturated heterocycles. The fraction of sp³-hybridized carbons (Fsp3) is 0.818. The third-order valence-electron chi connectivity index (χ3n) is 8.80. The molecule has 0 N–H and O–H groups in total. The summed E-state index contributed by atoms with van der Waals surface area (Å²) in [5, 5.41) is 0. The van der Waals surface area contributed by atoms with E-state index >= 15 is 0 Å². The highest BCUT2D eigenvalue weighted by Crippen LogP contribution is 2.66. The first-order valence-corrected chi connectivity index (χ1v) is 10.2. The van der Waals surface area contributed by atoms with Gasteiger partial charge < -0.3 is 4.74 Å². The van der Waals surface area contributed by atoms with Crippen LogP contribution in [0.25, 0.3) is 0 Å². The Hall–Kier alpha value is -1.12. The molecule has 7 atom stereocenters. The van der Waals surface area contributed by atoms with Crippen molar-refractivity contribution in [2.45, 2.75) is 78.7 Å². The largest absolute Gasteiger partial charge is 0.462 e. The molecule has 138 valence electrons. The number of rotatable bonds is 1. The molecule has 3 heteroatoms. The summed E-state index contributed by atoms with van der Waals surface area (Å²) in [5.41, 5.74) is 1.66. The van der Waals surface area contributed by atoms with Gasteiger partial charge in [0.05, 0.1) is 0 Å². The highest BCUT2D eigenvalue weighted by atomic mass is 16.5. The average molecular weight is 344 g/mol. The number of allylic oxidation sites excluding steroid dienone is 2. The molecular formula is C22H32O3. The lowest BCUT2D eigenvalue weighted by Gasteiger charge is -2.60. The summed E-state index contributed by atoms with van der Waals surface area (Å²) in [6, 6.07) is 0. The maximum absolute atomic E-state index is 12.1. The van der Waals surface area contributed by atoms with Gasteiger partial charge >= 0.3 is 5.97 Å². The van der Waals surface area contributed by atoms with Gasteiger partial charge in [0.2, 0.25) is 0 Å². The van der Waals surface area contributed by atoms with Gasteiger partial charge in [-0.25, -0.2) is 0 Å². The van der Waals surface area contributed by atoms with Gasteiger partial charge in [0.1, 0.15) is 6.10 Å². The van der Waals surface area contributed by atoms with Gasteiger partial charge in [-0.3, -0.25) is 9.59 Å². The van der Waals surface area contributed by atoms with Crippen molar-refractivity contribution in [2.24, 2.45) is 34.5 Å². The Morgan fingerprint density at radius 3 is 2.60 bits per heavy atom. The summed E-state index contributed by atoms with van der Waals surface area (Å²) in [5.74, 6) is 2.80. The van der Waals surface area contributed by atoms with Crippen molar-refractivity contribution in [2.75, 3.05) is 0 Å². The zero-order valence-corrected chi connectivity index (χ0v) is 16.1. The fourth-order valence-corrected chi connectivity index (χ4v) is 7.40. The zero-order valence-electron chi connectivity index (χ0n) is 16.1. The van der Waals surface area contributed by atoms with E-state index in [1.54, 1.807) is 6.92 Å². The molecule has 0 aromatic heterocycles. The fourth-order valence-electron chi connectivity index (χ4n) is 7.40. The lowest BCUT2D eigenvalue weighted by atomic mass is 9.45. The number of carbonyl (C=O) groups excluding carboxylic acids is 2. The summed E-state index contributed by atoms with van der Waals surface area (Å²) in [6.45, 7) is 8.54. The molecule has 0 aliphatic heterocycles. The van der Waals surface area contributed by atoms with Crippen LogP contribution in [0.3, 0.4) is 0 Å². The maximum Gasteiger partial charge on any atom is 0.302 e. The number of hydrogen-bond donors (Lipinski definition) is 0. The van der Waals surface area contributed by atoms with E-state index in [2.05, 4.69) is 20.8 Å². The smallest absolute Gasteiger partial charge is 0.302 e. The molecule has 0 heterocycles. The molecule has 0 unspecified atom stereocenters. The standard InChI is InChI=1S/C22H32O3/c1-13-11-16(24)12-15-5-6-17-18-7-8-20(25-14(2)23)21(18,3)10-9-19(17)22(13,15)4/h11,15,17-20H,5-10,12H2,1-4H3/t15-,17-,18-,19-,20+,21-,22-/m0/s1. The van der Waals surface area contributed by atoms with E-state index in [4.69, 9.17) is 4.74 Å². The first-order valence-electron chi connectivity index (χ1n) is 10.2. The lowest BCUT2D eigenvalue weighted by molar-refractivity contribution is -0.158. The van der Waals surface area contributed by atoms with Gasteiger partial charge in [-0.15, -0.1) is 0 Å². The summed E-state index contributed by atoms with van der Waals surface area (Å²) >= 11 is 0. The molecule has 0 aromatic rings. The molecule has 0 radical (unpaired) electrons. The number of ketones is 1. The summed E-state index contributed by atoms with van der Waals surface area (Å²) < 4.78 is 5.74. The minimum Gasteiger partial charge on any atom is -0.462 e. The van der Waals surface area contributed by atoms with Gasteiger partial charge in [0.25, 0.3) is 0 Å². The van der Waals surface area contributed by atoms with Gasteiger partial charge in [0.15, 0.2) is 5.78 Å². The van der Waals surface area contributed by atoms with Crippen LogP contribution < -0.4 is 0 Å². The molecule has 0 bridgehead atoms. The van der Waals surface area contributed by atoms with Crippen molar-refractivity contribution in [3.05, 3.63) is 11.6 Å². The van der Waals surface area contributed by atoms with Crippen LogP contribution in [0.2, 0.25) is 0 Å². The van der Waals surface area contributed by atoms with Crippen LogP contribution in [0.4, 0.5) is 0 Å². The Kier molecular flexibility index (Phi) is 3.94. The van der Waals surface area contributed by atoms with Crippen molar-refractivity contribution >= 4 is 11.8 Å². The molecule has 3 nitrogen and oxygen atoms in total. The van der Waals surface area contributed by atoms with Crippen LogP contribution in [-0.4, -0.2) is 17.9 Å². The van der Waals surface area contributed by atoms with Crippen LogP contribution in [0.5, 0.6) is 0 Å². The highest BCUT2D eigenvalue weighted by Gasteiger charge is 2.61. The topological polar surface area (TPSA) is 43.4 Å². The van der Waals surface area contributed by atoms with Gasteiger partial charge in [-0.2, -0.15) is 0 Å². The number of ether oxygens (including phenoxy) is 1. The first-order chi connectivity index (χ1) is 11.8. The Labute approximate surface area is 151 Å². The predicted molar refractivity (Wildman–Crippen MR) is 96.8 cm³/mol. The third kappa shape index (κ3) is 2.37. The molecule has 25 heavy (non-hydrogen) atoms. The second kappa shape index (κ2) is 5.69. The normalized spacial score (nSPS) is 48.9. The molecule has 4 aliphatic carbocycles. The van der Waals surface area contributed by atoms with E-state index in [1.807, 2.05) is 6.08 Å². The van der Waals surface area contributed by atoms with Crippen molar-refractivity contribution in [1.82, 2.24) is 0 Å². The SMILES string of the molecule is CC(=O)O[C@@H]1CC[C@H]2[C@@H]3CC[C@H]4CC(=O)C=C(C)[C@]4(C)[C@H]3CC[C@]12C. The maximum atomic E-state index is 12.1. The van der Waals surface area contributed by atoms with Gasteiger partial charge in [-0.1, -0.05) is 19.4 Å². The van der Waals surface area contributed by atoms with E-state index in [-0.39, 0.29) is 22.9 Å². The Morgan fingerprint density at radius 2 is 1.88 bits per heavy atom. The van der Waals surface area contributed by atoms with Crippen molar-refractivity contribution < 1.29 is 14.3 Å². The molecule has 4 rings (SSSR count). The average Bonchev–Trinajstić information content (AvgIpc) is 2.85. The first kappa shape index (κ1) is 17.3. The zero-order chi connectivity index (χ0) is 18.0. The van der Waals surface area contributed by atoms with E-state index in [9.17, 15) is 9.59 Å². The second-order valence-electron chi connectivity index (χ2n) is 9.65. The van der Waals surface area contributed by atoms with E-state index in [0.717, 1.165) is 25.2 Å². The second-order valence-corrected chi connectivity index (χ2v) is 9.65. The summed E-state index contributed by atoms with van der Waals surface area (Å²) in [4.78, 5) is 23.6. The van der Waals surface area contributed by atoms with Gasteiger partial charge in [-0.05, 0) is 80.6 Å². The lowest BCUT2D eigenvalue weighted by Crippen LogP contribution is -2.54. The number of hydrogen-bond acceptors (Lipinski definition) is 3. The monoisotopic (exact) mass is 344 g/mol. The van der Waals surface area contributed by atoms with E-state index < -0.39 is 0 Å². The van der Waals surface area contributed by atoms with Crippen molar-refractivity contribution in [1.29, 1.82) is 0 Å².